The number of halogens is 1. The smallest absolute Gasteiger partial charge is 0.291 e. The van der Waals surface area contributed by atoms with Crippen molar-refractivity contribution in [1.29, 1.82) is 0 Å². The van der Waals surface area contributed by atoms with E-state index in [-0.39, 0.29) is 0 Å². The maximum absolute atomic E-state index is 8.36. The summed E-state index contributed by atoms with van der Waals surface area (Å²) in [6.45, 7) is 0. The van der Waals surface area contributed by atoms with Crippen LogP contribution in [0.2, 0.25) is 0 Å². The molecule has 0 heterocycles. The minimum Gasteiger partial charge on any atom is -0.328 e. The van der Waals surface area contributed by atoms with Gasteiger partial charge in [0, 0.05) is 0 Å². The summed E-state index contributed by atoms with van der Waals surface area (Å²) >= 11 is 3.09. The van der Waals surface area contributed by atoms with Gasteiger partial charge in [0.05, 0.1) is 21.8 Å². The molecule has 0 unspecified atom stereocenters. The second-order valence-corrected chi connectivity index (χ2v) is 2.65. The highest BCUT2D eigenvalue weighted by Gasteiger charge is 1.90. The van der Waals surface area contributed by atoms with Crippen LogP contribution in [0.4, 0.5) is 5.69 Å². The van der Waals surface area contributed by atoms with Crippen LogP contribution in [0.15, 0.2) is 30.3 Å². The first-order valence-electron chi connectivity index (χ1n) is 3.13. The van der Waals surface area contributed by atoms with Crippen LogP contribution in [-0.4, -0.2) is 10.3 Å². The molecule has 7 heteroatoms. The number of para-hydroxylation sites is 1. The molecule has 6 nitrogen and oxygen atoms in total. The first kappa shape index (κ1) is 11.7. The molecule has 3 N–H and O–H groups in total. The number of benzene rings is 1. The summed E-state index contributed by atoms with van der Waals surface area (Å²) in [4.78, 5) is 8.36. The Morgan fingerprint density at radius 1 is 1.46 bits per heavy atom. The second kappa shape index (κ2) is 6.21. The Morgan fingerprint density at radius 2 is 1.85 bits per heavy atom. The molecule has 0 amide bonds. The van der Waals surface area contributed by atoms with Crippen molar-refractivity contribution in [3.63, 3.8) is 0 Å². The van der Waals surface area contributed by atoms with Crippen molar-refractivity contribution in [2.75, 3.05) is 4.03 Å². The number of hydrazine groups is 1. The Hall–Kier alpha value is -1.34. The van der Waals surface area contributed by atoms with Gasteiger partial charge in [0.15, 0.2) is 0 Å². The van der Waals surface area contributed by atoms with E-state index >= 15 is 0 Å². The normalized spacial score (nSPS) is 8.15. The van der Waals surface area contributed by atoms with Gasteiger partial charge in [0.25, 0.3) is 5.09 Å². The highest BCUT2D eigenvalue weighted by atomic mass is 79.9. The quantitative estimate of drug-likeness (QED) is 0.339. The Morgan fingerprint density at radius 3 is 2.08 bits per heavy atom. The summed E-state index contributed by atoms with van der Waals surface area (Å²) in [5.74, 6) is 5.36. The van der Waals surface area contributed by atoms with E-state index in [0.717, 1.165) is 5.69 Å². The molecule has 0 saturated heterocycles. The highest BCUT2D eigenvalue weighted by Crippen LogP contribution is 2.11. The van der Waals surface area contributed by atoms with Gasteiger partial charge < -0.3 is 5.21 Å². The third-order valence-corrected chi connectivity index (χ3v) is 1.41. The molecular weight excluding hydrogens is 242 g/mol. The summed E-state index contributed by atoms with van der Waals surface area (Å²) in [7, 11) is 0. The van der Waals surface area contributed by atoms with Gasteiger partial charge >= 0.3 is 0 Å². The summed E-state index contributed by atoms with van der Waals surface area (Å²) in [6.07, 6.45) is 0. The van der Waals surface area contributed by atoms with Crippen molar-refractivity contribution in [1.82, 2.24) is 0 Å². The van der Waals surface area contributed by atoms with Gasteiger partial charge in [-0.2, -0.15) is 0 Å². The lowest BCUT2D eigenvalue weighted by atomic mass is 10.3. The van der Waals surface area contributed by atoms with Crippen molar-refractivity contribution < 1.29 is 10.3 Å². The lowest BCUT2D eigenvalue weighted by Gasteiger charge is -2.06. The molecule has 0 aliphatic carbocycles. The SMILES string of the molecule is NN(Br)c1ccccc1.O=[N+]([O-])O. The summed E-state index contributed by atoms with van der Waals surface area (Å²) in [5, 5.41) is 13.6. The number of hydrogen-bond acceptors (Lipinski definition) is 4. The van der Waals surface area contributed by atoms with E-state index in [1.165, 1.54) is 4.03 Å². The van der Waals surface area contributed by atoms with Crippen LogP contribution in [0.3, 0.4) is 0 Å². The molecule has 0 bridgehead atoms. The maximum atomic E-state index is 8.36. The highest BCUT2D eigenvalue weighted by molar-refractivity contribution is 9.10. The third kappa shape index (κ3) is 7.04. The Kier molecular flexibility index (Phi) is 5.57. The Labute approximate surface area is 83.0 Å². The topological polar surface area (TPSA) is 92.6 Å². The van der Waals surface area contributed by atoms with E-state index in [1.54, 1.807) is 0 Å². The van der Waals surface area contributed by atoms with Crippen LogP contribution in [0.5, 0.6) is 0 Å². The van der Waals surface area contributed by atoms with Gasteiger partial charge in [-0.05, 0) is 12.1 Å². The van der Waals surface area contributed by atoms with Crippen molar-refractivity contribution in [2.45, 2.75) is 0 Å². The summed E-state index contributed by atoms with van der Waals surface area (Å²) in [5.41, 5.74) is 0.942. The molecule has 1 aromatic rings. The fourth-order valence-corrected chi connectivity index (χ4v) is 0.807. The van der Waals surface area contributed by atoms with Gasteiger partial charge in [-0.15, -0.1) is 10.1 Å². The average molecular weight is 250 g/mol. The molecule has 0 radical (unpaired) electrons. The van der Waals surface area contributed by atoms with Gasteiger partial charge in [0.1, 0.15) is 0 Å². The molecule has 1 aromatic carbocycles. The van der Waals surface area contributed by atoms with Crippen LogP contribution in [0, 0.1) is 10.1 Å². The number of hydrogen-bond donors (Lipinski definition) is 2. The van der Waals surface area contributed by atoms with E-state index in [4.69, 9.17) is 21.2 Å². The molecule has 1 rings (SSSR count). The van der Waals surface area contributed by atoms with E-state index in [0.29, 0.717) is 0 Å². The van der Waals surface area contributed by atoms with E-state index in [1.807, 2.05) is 30.3 Å². The predicted molar refractivity (Wildman–Crippen MR) is 50.8 cm³/mol. The monoisotopic (exact) mass is 249 g/mol. The number of anilines is 1. The molecule has 0 saturated carbocycles. The van der Waals surface area contributed by atoms with Gasteiger partial charge in [0.2, 0.25) is 0 Å². The zero-order valence-corrected chi connectivity index (χ0v) is 8.09. The average Bonchev–Trinajstić information content (AvgIpc) is 2.05. The molecule has 0 aromatic heterocycles. The van der Waals surface area contributed by atoms with Gasteiger partial charge in [-0.25, -0.2) is 9.88 Å². The molecule has 0 atom stereocenters. The molecule has 13 heavy (non-hydrogen) atoms. The fraction of sp³-hybridized carbons (Fsp3) is 0. The third-order valence-electron chi connectivity index (χ3n) is 1.00. The number of rotatable bonds is 1. The molecule has 0 aliphatic heterocycles. The summed E-state index contributed by atoms with van der Waals surface area (Å²) < 4.78 is 1.40. The second-order valence-electron chi connectivity index (χ2n) is 1.88. The molecule has 0 fully saturated rings. The van der Waals surface area contributed by atoms with Crippen LogP contribution < -0.4 is 9.88 Å². The molecular formula is C6H8BrN3O3. The van der Waals surface area contributed by atoms with Crippen molar-refractivity contribution >= 4 is 21.8 Å². The Bertz CT molecular complexity index is 251. The van der Waals surface area contributed by atoms with Crippen LogP contribution in [0.25, 0.3) is 0 Å². The largest absolute Gasteiger partial charge is 0.328 e. The van der Waals surface area contributed by atoms with E-state index in [2.05, 4.69) is 16.1 Å². The first-order chi connectivity index (χ1) is 6.04. The number of nitrogens with two attached hydrogens (primary N) is 1. The minimum atomic E-state index is -1.50. The zero-order chi connectivity index (χ0) is 10.3. The zero-order valence-electron chi connectivity index (χ0n) is 6.50. The van der Waals surface area contributed by atoms with E-state index in [9.17, 15) is 0 Å². The van der Waals surface area contributed by atoms with Gasteiger partial charge in [-0.3, -0.25) is 0 Å². The predicted octanol–water partition coefficient (Wildman–Crippen LogP) is 1.33. The Balaban J connectivity index is 0.000000310. The summed E-state index contributed by atoms with van der Waals surface area (Å²) in [6, 6.07) is 9.62. The minimum absolute atomic E-state index is 0.942. The lowest BCUT2D eigenvalue weighted by Crippen LogP contribution is -2.16. The molecule has 0 spiro atoms. The lowest BCUT2D eigenvalue weighted by molar-refractivity contribution is -0.742. The molecule has 72 valence electrons. The standard InChI is InChI=1S/C6H7BrN2.HNO3/c7-9(8)6-4-2-1-3-5-6;2-1(3)4/h1-5H,8H2;(H,2,3,4). The van der Waals surface area contributed by atoms with E-state index < -0.39 is 5.09 Å². The van der Waals surface area contributed by atoms with Crippen molar-refractivity contribution in [2.24, 2.45) is 5.84 Å². The maximum Gasteiger partial charge on any atom is 0.291 e. The first-order valence-corrected chi connectivity index (χ1v) is 3.84. The molecule has 0 aliphatic rings. The van der Waals surface area contributed by atoms with Crippen molar-refractivity contribution in [3.8, 4) is 0 Å². The van der Waals surface area contributed by atoms with Crippen LogP contribution in [-0.2, 0) is 0 Å². The van der Waals surface area contributed by atoms with Crippen LogP contribution in [0.1, 0.15) is 0 Å². The van der Waals surface area contributed by atoms with Gasteiger partial charge in [-0.1, -0.05) is 18.2 Å². The fourth-order valence-electron chi connectivity index (χ4n) is 0.570. The van der Waals surface area contributed by atoms with Crippen LogP contribution >= 0.6 is 16.1 Å². The van der Waals surface area contributed by atoms with Crippen molar-refractivity contribution in [3.05, 3.63) is 40.4 Å². The number of nitrogens with zero attached hydrogens (tertiary/aromatic N) is 2.